The van der Waals surface area contributed by atoms with Crippen LogP contribution < -0.4 is 0 Å². The number of hydrogen-bond donors (Lipinski definition) is 2. The normalized spacial score (nSPS) is 41.9. The Bertz CT molecular complexity index is 1340. The lowest BCUT2D eigenvalue weighted by molar-refractivity contribution is -0.161. The van der Waals surface area contributed by atoms with Gasteiger partial charge < -0.3 is 24.3 Å². The van der Waals surface area contributed by atoms with E-state index in [1.165, 1.54) is 16.7 Å². The lowest BCUT2D eigenvalue weighted by Gasteiger charge is -2.55. The topological polar surface area (TPSA) is 79.0 Å². The summed E-state index contributed by atoms with van der Waals surface area (Å²) in [6, 6.07) is 6.25. The molecular weight excluding hydrogens is 440 g/mol. The molecule has 1 aromatic heterocycles. The third-order valence-corrected chi connectivity index (χ3v) is 9.90. The molecule has 6 nitrogen and oxygen atoms in total. The molecule has 0 amide bonds. The number of aliphatic hydroxyl groups is 2. The van der Waals surface area contributed by atoms with Crippen LogP contribution in [-0.2, 0) is 4.74 Å². The summed E-state index contributed by atoms with van der Waals surface area (Å²) in [7, 11) is 3.95. The Morgan fingerprint density at radius 2 is 1.97 bits per heavy atom. The van der Waals surface area contributed by atoms with Crippen LogP contribution >= 0.6 is 0 Å². The molecule has 184 valence electrons. The Labute approximate surface area is 206 Å². The van der Waals surface area contributed by atoms with Gasteiger partial charge in [0.25, 0.3) is 0 Å². The van der Waals surface area contributed by atoms with E-state index in [0.717, 1.165) is 42.4 Å². The summed E-state index contributed by atoms with van der Waals surface area (Å²) in [5.74, 6) is 1.02. The molecule has 2 fully saturated rings. The van der Waals surface area contributed by atoms with Gasteiger partial charge in [-0.05, 0) is 80.6 Å². The highest BCUT2D eigenvalue weighted by molar-refractivity contribution is 5.82. The van der Waals surface area contributed by atoms with Crippen molar-refractivity contribution in [3.8, 4) is 0 Å². The molecule has 2 aromatic rings. The van der Waals surface area contributed by atoms with Crippen LogP contribution in [0.5, 0.6) is 0 Å². The summed E-state index contributed by atoms with van der Waals surface area (Å²) in [5.41, 5.74) is 5.50. The van der Waals surface area contributed by atoms with Gasteiger partial charge in [-0.2, -0.15) is 0 Å². The minimum absolute atomic E-state index is 0.0448. The second-order valence-electron chi connectivity index (χ2n) is 11.9. The number of ether oxygens (including phenoxy) is 1. The highest BCUT2D eigenvalue weighted by Gasteiger charge is 2.67. The number of oxazole rings is 1. The van der Waals surface area contributed by atoms with Crippen molar-refractivity contribution in [1.29, 1.82) is 0 Å². The monoisotopic (exact) mass is 474 g/mol. The van der Waals surface area contributed by atoms with E-state index < -0.39 is 17.8 Å². The number of hydrogen-bond acceptors (Lipinski definition) is 6. The number of benzene rings is 1. The first-order chi connectivity index (χ1) is 16.7. The van der Waals surface area contributed by atoms with Gasteiger partial charge in [-0.1, -0.05) is 31.2 Å². The molecule has 2 N–H and O–H groups in total. The fourth-order valence-corrected chi connectivity index (χ4v) is 8.15. The molecule has 5 aliphatic rings. The number of rotatable bonds is 2. The zero-order valence-electron chi connectivity index (χ0n) is 20.9. The van der Waals surface area contributed by atoms with Crippen molar-refractivity contribution in [3.05, 3.63) is 59.0 Å². The van der Waals surface area contributed by atoms with E-state index >= 15 is 0 Å². The van der Waals surface area contributed by atoms with Gasteiger partial charge in [-0.15, -0.1) is 0 Å². The van der Waals surface area contributed by atoms with Crippen molar-refractivity contribution in [1.82, 2.24) is 9.88 Å². The number of likely N-dealkylation sites (N-methyl/N-ethyl adjacent to an activating group) is 1. The second kappa shape index (κ2) is 6.94. The zero-order valence-corrected chi connectivity index (χ0v) is 20.9. The first kappa shape index (κ1) is 22.0. The van der Waals surface area contributed by atoms with Crippen molar-refractivity contribution in [2.24, 2.45) is 11.3 Å². The van der Waals surface area contributed by atoms with Crippen LogP contribution in [-0.4, -0.2) is 63.6 Å². The number of nitrogens with zero attached hydrogens (tertiary/aromatic N) is 2. The van der Waals surface area contributed by atoms with Gasteiger partial charge in [0, 0.05) is 24.3 Å². The van der Waals surface area contributed by atoms with Crippen molar-refractivity contribution < 1.29 is 19.4 Å². The summed E-state index contributed by atoms with van der Waals surface area (Å²) >= 11 is 0. The largest absolute Gasteiger partial charge is 0.441 e. The lowest BCUT2D eigenvalue weighted by atomic mass is 9.58. The molecule has 35 heavy (non-hydrogen) atoms. The van der Waals surface area contributed by atoms with Crippen molar-refractivity contribution in [3.63, 3.8) is 0 Å². The smallest absolute Gasteiger partial charge is 0.192 e. The van der Waals surface area contributed by atoms with Crippen LogP contribution in [0.4, 0.5) is 0 Å². The molecule has 0 radical (unpaired) electrons. The Morgan fingerprint density at radius 1 is 1.14 bits per heavy atom. The van der Waals surface area contributed by atoms with E-state index in [-0.39, 0.29) is 17.1 Å². The Balaban J connectivity index is 1.30. The molecule has 7 rings (SSSR count). The number of aryl methyl sites for hydroxylation is 1. The average molecular weight is 475 g/mol. The molecule has 3 heterocycles. The van der Waals surface area contributed by atoms with Gasteiger partial charge in [-0.25, -0.2) is 4.98 Å². The Hall–Kier alpha value is -2.25. The molecule has 7 unspecified atom stereocenters. The quantitative estimate of drug-likeness (QED) is 0.681. The SMILES string of the molecule is Cc1nc2ccc(C3=CCC4C3(C)CC=C3C=C5C(O)C(O)C(N(C)C)CC56CCC34O6)cc2o1. The fourth-order valence-electron chi connectivity index (χ4n) is 8.15. The minimum Gasteiger partial charge on any atom is -0.441 e. The summed E-state index contributed by atoms with van der Waals surface area (Å²) in [5, 5.41) is 22.0. The molecule has 3 aliphatic carbocycles. The van der Waals surface area contributed by atoms with Gasteiger partial charge in [0.05, 0.1) is 17.3 Å². The third kappa shape index (κ3) is 2.71. The lowest BCUT2D eigenvalue weighted by Crippen LogP contribution is -2.61. The van der Waals surface area contributed by atoms with Crippen LogP contribution in [0.25, 0.3) is 16.7 Å². The highest BCUT2D eigenvalue weighted by Crippen LogP contribution is 2.67. The van der Waals surface area contributed by atoms with Crippen LogP contribution in [0.15, 0.2) is 52.0 Å². The molecular formula is C29H34N2O4. The number of allylic oxidation sites excluding steroid dienone is 3. The van der Waals surface area contributed by atoms with Crippen LogP contribution in [0.3, 0.4) is 0 Å². The molecule has 1 aromatic carbocycles. The van der Waals surface area contributed by atoms with Crippen molar-refractivity contribution in [2.75, 3.05) is 14.1 Å². The summed E-state index contributed by atoms with van der Waals surface area (Å²) in [6.45, 7) is 4.28. The van der Waals surface area contributed by atoms with Gasteiger partial charge in [0.2, 0.25) is 0 Å². The second-order valence-corrected chi connectivity index (χ2v) is 11.9. The maximum Gasteiger partial charge on any atom is 0.192 e. The Kier molecular flexibility index (Phi) is 4.36. The Morgan fingerprint density at radius 3 is 2.77 bits per heavy atom. The van der Waals surface area contributed by atoms with Crippen molar-refractivity contribution in [2.45, 2.75) is 75.4 Å². The fraction of sp³-hybridized carbons (Fsp3) is 0.552. The number of aliphatic hydroxyl groups excluding tert-OH is 2. The number of fused-ring (bicyclic) bond motifs is 2. The maximum atomic E-state index is 11.1. The first-order valence-corrected chi connectivity index (χ1v) is 12.9. The van der Waals surface area contributed by atoms with Gasteiger partial charge in [0.1, 0.15) is 11.6 Å². The molecule has 1 saturated carbocycles. The van der Waals surface area contributed by atoms with Crippen LogP contribution in [0, 0.1) is 18.3 Å². The van der Waals surface area contributed by atoms with E-state index in [9.17, 15) is 10.2 Å². The molecule has 7 atom stereocenters. The molecule has 2 aliphatic heterocycles. The predicted molar refractivity (Wildman–Crippen MR) is 134 cm³/mol. The van der Waals surface area contributed by atoms with Gasteiger partial charge >= 0.3 is 0 Å². The molecule has 2 spiro atoms. The van der Waals surface area contributed by atoms with E-state index in [4.69, 9.17) is 9.15 Å². The van der Waals surface area contributed by atoms with Gasteiger partial charge in [0.15, 0.2) is 11.5 Å². The predicted octanol–water partition coefficient (Wildman–Crippen LogP) is 4.16. The molecule has 6 heteroatoms. The highest BCUT2D eigenvalue weighted by atomic mass is 16.5. The average Bonchev–Trinajstić information content (AvgIpc) is 3.47. The van der Waals surface area contributed by atoms with Crippen molar-refractivity contribution >= 4 is 16.7 Å². The zero-order chi connectivity index (χ0) is 24.3. The van der Waals surface area contributed by atoms with Crippen LogP contribution in [0.1, 0.15) is 50.5 Å². The van der Waals surface area contributed by atoms with Gasteiger partial charge in [-0.3, -0.25) is 0 Å². The summed E-state index contributed by atoms with van der Waals surface area (Å²) in [6.07, 6.45) is 9.69. The van der Waals surface area contributed by atoms with E-state index in [2.05, 4.69) is 48.3 Å². The molecule has 1 saturated heterocycles. The maximum absolute atomic E-state index is 11.1. The third-order valence-electron chi connectivity index (χ3n) is 9.90. The standard InChI is InChI=1S/C29H34N2O4/c1-16-30-21-7-5-17(13-23(21)34-16)19-6-8-24-27(19,2)10-9-18-14-20-25(32)26(33)22(31(3)4)15-28(20)11-12-29(18,24)35-28/h5-7,9,13-14,22,24-26,32-33H,8,10-12,15H2,1-4H3. The van der Waals surface area contributed by atoms with Crippen LogP contribution in [0.2, 0.25) is 0 Å². The van der Waals surface area contributed by atoms with E-state index in [1.807, 2.05) is 25.9 Å². The van der Waals surface area contributed by atoms with E-state index in [0.29, 0.717) is 18.2 Å². The number of aromatic nitrogens is 1. The first-order valence-electron chi connectivity index (χ1n) is 12.9. The molecule has 2 bridgehead atoms. The minimum atomic E-state index is -0.893. The summed E-state index contributed by atoms with van der Waals surface area (Å²) in [4.78, 5) is 6.50. The van der Waals surface area contributed by atoms with E-state index in [1.54, 1.807) is 0 Å². The summed E-state index contributed by atoms with van der Waals surface area (Å²) < 4.78 is 13.1.